The van der Waals surface area contributed by atoms with Gasteiger partial charge in [-0.3, -0.25) is 0 Å². The smallest absolute Gasteiger partial charge is 0.322 e. The molecule has 0 aliphatic heterocycles. The lowest BCUT2D eigenvalue weighted by atomic mass is 10.2. The van der Waals surface area contributed by atoms with Crippen molar-refractivity contribution in [3.8, 4) is 0 Å². The number of carbonyl (C=O) groups excluding carboxylic acids is 1. The summed E-state index contributed by atoms with van der Waals surface area (Å²) in [5.74, 6) is 0. The summed E-state index contributed by atoms with van der Waals surface area (Å²) in [5.41, 5.74) is 2.90. The van der Waals surface area contributed by atoms with E-state index in [2.05, 4.69) is 12.2 Å². The van der Waals surface area contributed by atoms with Crippen LogP contribution in [0.25, 0.3) is 0 Å². The lowest BCUT2D eigenvalue weighted by Crippen LogP contribution is -2.35. The average molecular weight is 312 g/mol. The topological polar surface area (TPSA) is 41.6 Å². The van der Waals surface area contributed by atoms with Crippen molar-refractivity contribution < 1.29 is 9.53 Å². The molecule has 0 atom stereocenters. The Labute approximate surface area is 138 Å². The van der Waals surface area contributed by atoms with Gasteiger partial charge in [-0.15, -0.1) is 0 Å². The molecule has 0 aliphatic carbocycles. The van der Waals surface area contributed by atoms with Crippen molar-refractivity contribution in [2.45, 2.75) is 26.5 Å². The Bertz CT molecular complexity index is 614. The summed E-state index contributed by atoms with van der Waals surface area (Å²) < 4.78 is 5.19. The average Bonchev–Trinajstić information content (AvgIpc) is 2.57. The molecule has 0 unspecified atom stereocenters. The zero-order valence-corrected chi connectivity index (χ0v) is 13.8. The first kappa shape index (κ1) is 17.0. The van der Waals surface area contributed by atoms with E-state index in [1.807, 2.05) is 59.5 Å². The highest BCUT2D eigenvalue weighted by Crippen LogP contribution is 2.17. The first-order valence-electron chi connectivity index (χ1n) is 7.91. The van der Waals surface area contributed by atoms with Gasteiger partial charge in [-0.1, -0.05) is 55.5 Å². The lowest BCUT2D eigenvalue weighted by molar-refractivity contribution is 0.185. The first-order chi connectivity index (χ1) is 11.2. The van der Waals surface area contributed by atoms with Crippen molar-refractivity contribution >= 4 is 11.7 Å². The number of hydrogen-bond acceptors (Lipinski definition) is 2. The molecule has 0 aromatic heterocycles. The van der Waals surface area contributed by atoms with Gasteiger partial charge in [0.1, 0.15) is 0 Å². The Kier molecular flexibility index (Phi) is 6.63. The van der Waals surface area contributed by atoms with Crippen LogP contribution in [0.3, 0.4) is 0 Å². The molecule has 2 amide bonds. The summed E-state index contributed by atoms with van der Waals surface area (Å²) >= 11 is 0. The second-order valence-electron chi connectivity index (χ2n) is 5.43. The predicted octanol–water partition coefficient (Wildman–Crippen LogP) is 4.28. The number of amides is 2. The van der Waals surface area contributed by atoms with Crippen LogP contribution in [0.2, 0.25) is 0 Å². The van der Waals surface area contributed by atoms with Crippen LogP contribution >= 0.6 is 0 Å². The van der Waals surface area contributed by atoms with E-state index in [1.54, 1.807) is 7.11 Å². The molecule has 23 heavy (non-hydrogen) atoms. The van der Waals surface area contributed by atoms with Crippen LogP contribution < -0.4 is 5.32 Å². The van der Waals surface area contributed by atoms with Crippen LogP contribution in [0.4, 0.5) is 10.5 Å². The number of carbonyl (C=O) groups is 1. The molecule has 0 bridgehead atoms. The minimum Gasteiger partial charge on any atom is -0.380 e. The third kappa shape index (κ3) is 5.11. The van der Waals surface area contributed by atoms with Gasteiger partial charge >= 0.3 is 6.03 Å². The normalized spacial score (nSPS) is 10.3. The SMILES string of the molecule is CCCN(Cc1ccccc1)C(=O)Nc1ccccc1COC. The molecule has 1 N–H and O–H groups in total. The maximum Gasteiger partial charge on any atom is 0.322 e. The minimum absolute atomic E-state index is 0.0840. The van der Waals surface area contributed by atoms with Crippen LogP contribution in [0.15, 0.2) is 54.6 Å². The number of para-hydroxylation sites is 1. The van der Waals surface area contributed by atoms with Gasteiger partial charge in [0.05, 0.1) is 6.61 Å². The predicted molar refractivity (Wildman–Crippen MR) is 93.3 cm³/mol. The molecule has 2 rings (SSSR count). The Morgan fingerprint density at radius 1 is 1.09 bits per heavy atom. The van der Waals surface area contributed by atoms with E-state index in [-0.39, 0.29) is 6.03 Å². The number of methoxy groups -OCH3 is 1. The number of urea groups is 1. The fraction of sp³-hybridized carbons (Fsp3) is 0.316. The van der Waals surface area contributed by atoms with Crippen molar-refractivity contribution in [1.29, 1.82) is 0 Å². The van der Waals surface area contributed by atoms with E-state index in [0.717, 1.165) is 23.2 Å². The zero-order valence-electron chi connectivity index (χ0n) is 13.8. The third-order valence-electron chi connectivity index (χ3n) is 3.56. The molecule has 0 heterocycles. The second kappa shape index (κ2) is 8.96. The van der Waals surface area contributed by atoms with Gasteiger partial charge in [0.15, 0.2) is 0 Å². The van der Waals surface area contributed by atoms with Gasteiger partial charge in [-0.25, -0.2) is 4.79 Å². The van der Waals surface area contributed by atoms with E-state index < -0.39 is 0 Å². The summed E-state index contributed by atoms with van der Waals surface area (Å²) in [4.78, 5) is 14.5. The largest absolute Gasteiger partial charge is 0.380 e. The van der Waals surface area contributed by atoms with Crippen molar-refractivity contribution in [3.63, 3.8) is 0 Å². The van der Waals surface area contributed by atoms with E-state index in [9.17, 15) is 4.79 Å². The van der Waals surface area contributed by atoms with Gasteiger partial charge in [0.25, 0.3) is 0 Å². The van der Waals surface area contributed by atoms with Crippen LogP contribution in [0.1, 0.15) is 24.5 Å². The van der Waals surface area contributed by atoms with E-state index in [0.29, 0.717) is 19.7 Å². The Morgan fingerprint density at radius 2 is 1.78 bits per heavy atom. The van der Waals surface area contributed by atoms with Crippen LogP contribution in [-0.4, -0.2) is 24.6 Å². The van der Waals surface area contributed by atoms with Crippen molar-refractivity contribution in [3.05, 3.63) is 65.7 Å². The van der Waals surface area contributed by atoms with E-state index >= 15 is 0 Å². The summed E-state index contributed by atoms with van der Waals surface area (Å²) in [7, 11) is 1.65. The van der Waals surface area contributed by atoms with Crippen LogP contribution in [0, 0.1) is 0 Å². The molecular weight excluding hydrogens is 288 g/mol. The zero-order chi connectivity index (χ0) is 16.5. The fourth-order valence-corrected chi connectivity index (χ4v) is 2.44. The molecule has 0 saturated carbocycles. The Hall–Kier alpha value is -2.33. The highest BCUT2D eigenvalue weighted by Gasteiger charge is 2.14. The summed E-state index contributed by atoms with van der Waals surface area (Å²) in [6.07, 6.45) is 0.917. The highest BCUT2D eigenvalue weighted by atomic mass is 16.5. The molecular formula is C19H24N2O2. The van der Waals surface area contributed by atoms with Crippen molar-refractivity contribution in [2.75, 3.05) is 19.0 Å². The second-order valence-corrected chi connectivity index (χ2v) is 5.43. The lowest BCUT2D eigenvalue weighted by Gasteiger charge is -2.23. The Morgan fingerprint density at radius 3 is 2.48 bits per heavy atom. The summed E-state index contributed by atoms with van der Waals surface area (Å²) in [6, 6.07) is 17.7. The first-order valence-corrected chi connectivity index (χ1v) is 7.91. The van der Waals surface area contributed by atoms with Gasteiger partial charge in [-0.2, -0.15) is 0 Å². The quantitative estimate of drug-likeness (QED) is 0.829. The summed E-state index contributed by atoms with van der Waals surface area (Å²) in [5, 5.41) is 3.01. The molecule has 122 valence electrons. The number of ether oxygens (including phenoxy) is 1. The van der Waals surface area contributed by atoms with Gasteiger partial charge < -0.3 is 15.0 Å². The molecule has 2 aromatic rings. The maximum absolute atomic E-state index is 12.6. The molecule has 4 heteroatoms. The molecule has 0 spiro atoms. The number of nitrogens with zero attached hydrogens (tertiary/aromatic N) is 1. The molecule has 2 aromatic carbocycles. The van der Waals surface area contributed by atoms with E-state index in [4.69, 9.17) is 4.74 Å². The number of benzene rings is 2. The van der Waals surface area contributed by atoms with Crippen molar-refractivity contribution in [2.24, 2.45) is 0 Å². The summed E-state index contributed by atoms with van der Waals surface area (Å²) in [6.45, 7) is 3.87. The fourth-order valence-electron chi connectivity index (χ4n) is 2.44. The molecule has 0 saturated heterocycles. The van der Waals surface area contributed by atoms with Crippen LogP contribution in [0.5, 0.6) is 0 Å². The van der Waals surface area contributed by atoms with Gasteiger partial charge in [-0.05, 0) is 18.1 Å². The number of rotatable bonds is 7. The van der Waals surface area contributed by atoms with Crippen molar-refractivity contribution in [1.82, 2.24) is 4.90 Å². The number of anilines is 1. The maximum atomic E-state index is 12.6. The Balaban J connectivity index is 2.09. The minimum atomic E-state index is -0.0840. The number of hydrogen-bond donors (Lipinski definition) is 1. The van der Waals surface area contributed by atoms with E-state index in [1.165, 1.54) is 0 Å². The molecule has 4 nitrogen and oxygen atoms in total. The van der Waals surface area contributed by atoms with Gasteiger partial charge in [0, 0.05) is 31.5 Å². The highest BCUT2D eigenvalue weighted by molar-refractivity contribution is 5.90. The molecule has 0 fully saturated rings. The monoisotopic (exact) mass is 312 g/mol. The number of nitrogens with one attached hydrogen (secondary N) is 1. The third-order valence-corrected chi connectivity index (χ3v) is 3.56. The molecule has 0 radical (unpaired) electrons. The standard InChI is InChI=1S/C19H24N2O2/c1-3-13-21(14-16-9-5-4-6-10-16)19(22)20-18-12-8-7-11-17(18)15-23-2/h4-12H,3,13-15H2,1-2H3,(H,20,22). The van der Waals surface area contributed by atoms with Gasteiger partial charge in [0.2, 0.25) is 0 Å². The molecule has 0 aliphatic rings. The van der Waals surface area contributed by atoms with Crippen LogP contribution in [-0.2, 0) is 17.9 Å².